The highest BCUT2D eigenvalue weighted by molar-refractivity contribution is 5.90. The minimum atomic E-state index is -0.214. The number of hydrogen-bond acceptors (Lipinski definition) is 4. The van der Waals surface area contributed by atoms with Crippen LogP contribution in [-0.4, -0.2) is 40.2 Å². The maximum atomic E-state index is 11.6. The lowest BCUT2D eigenvalue weighted by Crippen LogP contribution is -2.33. The molecule has 1 aromatic rings. The molecule has 0 atom stereocenters. The molecule has 0 saturated heterocycles. The molecule has 6 heteroatoms. The fraction of sp³-hybridized carbons (Fsp3) is 0.700. The second-order valence-corrected chi connectivity index (χ2v) is 3.94. The largest absolute Gasteiger partial charge is 0.348 e. The monoisotopic (exact) mass is 223 g/mol. The number of carbonyl (C=O) groups excluding carboxylic acids is 1. The number of H-pyrrole nitrogens is 1. The van der Waals surface area contributed by atoms with Gasteiger partial charge in [-0.2, -0.15) is 0 Å². The Bertz CT molecular complexity index is 358. The van der Waals surface area contributed by atoms with E-state index in [4.69, 9.17) is 0 Å². The Labute approximate surface area is 94.2 Å². The van der Waals surface area contributed by atoms with Crippen LogP contribution in [0.3, 0.4) is 0 Å². The average Bonchev–Trinajstić information content (AvgIpc) is 2.99. The van der Waals surface area contributed by atoms with Crippen LogP contribution in [0, 0.1) is 0 Å². The summed E-state index contributed by atoms with van der Waals surface area (Å²) in [5.41, 5.74) is 0. The van der Waals surface area contributed by atoms with Crippen molar-refractivity contribution in [3.8, 4) is 0 Å². The van der Waals surface area contributed by atoms with Crippen molar-refractivity contribution in [2.45, 2.75) is 32.2 Å². The van der Waals surface area contributed by atoms with E-state index >= 15 is 0 Å². The number of carbonyl (C=O) groups is 1. The number of rotatable bonds is 6. The van der Waals surface area contributed by atoms with Crippen molar-refractivity contribution < 1.29 is 4.79 Å². The fourth-order valence-corrected chi connectivity index (χ4v) is 1.37. The van der Waals surface area contributed by atoms with Gasteiger partial charge in [-0.25, -0.2) is 4.98 Å². The number of aromatic amines is 1. The molecule has 0 spiro atoms. The minimum Gasteiger partial charge on any atom is -0.348 e. The molecule has 16 heavy (non-hydrogen) atoms. The standard InChI is InChI=1S/C10H17N5O/c1-2-8-13-9(15-14-8)10(16)12-6-5-11-7-3-4-7/h7,11H,2-6H2,1H3,(H,12,16)(H,13,14,15). The van der Waals surface area contributed by atoms with Crippen LogP contribution in [0.5, 0.6) is 0 Å². The molecule has 0 radical (unpaired) electrons. The van der Waals surface area contributed by atoms with Gasteiger partial charge in [-0.05, 0) is 12.8 Å². The molecule has 0 bridgehead atoms. The Morgan fingerprint density at radius 1 is 1.50 bits per heavy atom. The molecule has 1 saturated carbocycles. The first-order valence-corrected chi connectivity index (χ1v) is 5.72. The summed E-state index contributed by atoms with van der Waals surface area (Å²) in [6.45, 7) is 3.38. The first-order valence-electron chi connectivity index (χ1n) is 5.72. The summed E-state index contributed by atoms with van der Waals surface area (Å²) in [7, 11) is 0. The molecule has 0 unspecified atom stereocenters. The zero-order valence-electron chi connectivity index (χ0n) is 9.42. The van der Waals surface area contributed by atoms with Crippen LogP contribution in [0.25, 0.3) is 0 Å². The number of aryl methyl sites for hydroxylation is 1. The van der Waals surface area contributed by atoms with Crippen LogP contribution in [-0.2, 0) is 6.42 Å². The molecular weight excluding hydrogens is 206 g/mol. The molecule has 1 aromatic heterocycles. The Morgan fingerprint density at radius 2 is 2.31 bits per heavy atom. The van der Waals surface area contributed by atoms with Crippen molar-refractivity contribution in [2.24, 2.45) is 0 Å². The fourth-order valence-electron chi connectivity index (χ4n) is 1.37. The predicted octanol–water partition coefficient (Wildman–Crippen LogP) is -0.151. The Morgan fingerprint density at radius 3 is 2.94 bits per heavy atom. The number of amides is 1. The number of aromatic nitrogens is 3. The van der Waals surface area contributed by atoms with E-state index in [2.05, 4.69) is 25.8 Å². The van der Waals surface area contributed by atoms with Gasteiger partial charge in [-0.1, -0.05) is 6.92 Å². The minimum absolute atomic E-state index is 0.214. The molecule has 1 heterocycles. The molecular formula is C10H17N5O. The normalized spacial score (nSPS) is 15.1. The van der Waals surface area contributed by atoms with Crippen molar-refractivity contribution >= 4 is 5.91 Å². The van der Waals surface area contributed by atoms with Crippen LogP contribution in [0.1, 0.15) is 36.2 Å². The highest BCUT2D eigenvalue weighted by Gasteiger charge is 2.19. The first-order chi connectivity index (χ1) is 7.79. The maximum Gasteiger partial charge on any atom is 0.291 e. The second-order valence-electron chi connectivity index (χ2n) is 3.94. The summed E-state index contributed by atoms with van der Waals surface area (Å²) in [4.78, 5) is 15.6. The van der Waals surface area contributed by atoms with E-state index in [0.29, 0.717) is 12.6 Å². The van der Waals surface area contributed by atoms with Gasteiger partial charge in [0.05, 0.1) is 0 Å². The molecule has 1 fully saturated rings. The molecule has 0 aliphatic heterocycles. The van der Waals surface area contributed by atoms with Gasteiger partial charge in [0.2, 0.25) is 5.82 Å². The van der Waals surface area contributed by atoms with Gasteiger partial charge in [-0.3, -0.25) is 9.89 Å². The number of nitrogens with one attached hydrogen (secondary N) is 3. The highest BCUT2D eigenvalue weighted by atomic mass is 16.2. The molecule has 1 aliphatic rings. The van der Waals surface area contributed by atoms with Crippen molar-refractivity contribution in [3.63, 3.8) is 0 Å². The topological polar surface area (TPSA) is 82.7 Å². The summed E-state index contributed by atoms with van der Waals surface area (Å²) < 4.78 is 0. The lowest BCUT2D eigenvalue weighted by atomic mass is 10.4. The third-order valence-corrected chi connectivity index (χ3v) is 2.49. The third-order valence-electron chi connectivity index (χ3n) is 2.49. The summed E-state index contributed by atoms with van der Waals surface area (Å²) >= 11 is 0. The molecule has 3 N–H and O–H groups in total. The molecule has 0 aromatic carbocycles. The maximum absolute atomic E-state index is 11.6. The molecule has 88 valence electrons. The van der Waals surface area contributed by atoms with E-state index in [0.717, 1.165) is 18.8 Å². The number of hydrogen-bond donors (Lipinski definition) is 3. The van der Waals surface area contributed by atoms with Crippen LogP contribution in [0.4, 0.5) is 0 Å². The van der Waals surface area contributed by atoms with E-state index in [1.807, 2.05) is 6.92 Å². The van der Waals surface area contributed by atoms with E-state index < -0.39 is 0 Å². The molecule has 6 nitrogen and oxygen atoms in total. The second kappa shape index (κ2) is 5.07. The van der Waals surface area contributed by atoms with Crippen LogP contribution in [0.15, 0.2) is 0 Å². The summed E-state index contributed by atoms with van der Waals surface area (Å²) in [5.74, 6) is 0.748. The first kappa shape index (κ1) is 11.1. The van der Waals surface area contributed by atoms with Gasteiger partial charge in [0.1, 0.15) is 5.82 Å². The van der Waals surface area contributed by atoms with Crippen molar-refractivity contribution in [1.82, 2.24) is 25.8 Å². The van der Waals surface area contributed by atoms with Crippen molar-refractivity contribution in [1.29, 1.82) is 0 Å². The van der Waals surface area contributed by atoms with E-state index in [-0.39, 0.29) is 11.7 Å². The molecule has 2 rings (SSSR count). The Hall–Kier alpha value is -1.43. The van der Waals surface area contributed by atoms with Gasteiger partial charge in [0.25, 0.3) is 5.91 Å². The quantitative estimate of drug-likeness (QED) is 0.586. The van der Waals surface area contributed by atoms with E-state index in [1.54, 1.807) is 0 Å². The smallest absolute Gasteiger partial charge is 0.291 e. The van der Waals surface area contributed by atoms with Crippen LogP contribution < -0.4 is 10.6 Å². The summed E-state index contributed by atoms with van der Waals surface area (Å²) in [5, 5.41) is 12.7. The summed E-state index contributed by atoms with van der Waals surface area (Å²) in [6, 6.07) is 0.673. The van der Waals surface area contributed by atoms with Crippen molar-refractivity contribution in [3.05, 3.63) is 11.6 Å². The van der Waals surface area contributed by atoms with Crippen LogP contribution >= 0.6 is 0 Å². The zero-order valence-corrected chi connectivity index (χ0v) is 9.42. The van der Waals surface area contributed by atoms with Gasteiger partial charge in [0.15, 0.2) is 0 Å². The third kappa shape index (κ3) is 3.03. The molecule has 1 aliphatic carbocycles. The molecule has 1 amide bonds. The van der Waals surface area contributed by atoms with E-state index in [1.165, 1.54) is 12.8 Å². The van der Waals surface area contributed by atoms with Gasteiger partial charge in [-0.15, -0.1) is 5.10 Å². The zero-order chi connectivity index (χ0) is 11.4. The lowest BCUT2D eigenvalue weighted by molar-refractivity contribution is 0.0944. The lowest BCUT2D eigenvalue weighted by Gasteiger charge is -2.03. The van der Waals surface area contributed by atoms with E-state index in [9.17, 15) is 4.79 Å². The number of nitrogens with zero attached hydrogens (tertiary/aromatic N) is 2. The van der Waals surface area contributed by atoms with Gasteiger partial charge >= 0.3 is 0 Å². The average molecular weight is 223 g/mol. The Balaban J connectivity index is 1.69. The SMILES string of the molecule is CCc1nc(C(=O)NCCNC2CC2)n[nH]1. The summed E-state index contributed by atoms with van der Waals surface area (Å²) in [6.07, 6.45) is 3.27. The van der Waals surface area contributed by atoms with Gasteiger partial charge in [0, 0.05) is 25.6 Å². The van der Waals surface area contributed by atoms with Crippen LogP contribution in [0.2, 0.25) is 0 Å². The predicted molar refractivity (Wildman–Crippen MR) is 59.1 cm³/mol. The Kier molecular flexibility index (Phi) is 3.51. The van der Waals surface area contributed by atoms with Crippen molar-refractivity contribution in [2.75, 3.05) is 13.1 Å². The highest BCUT2D eigenvalue weighted by Crippen LogP contribution is 2.17. The van der Waals surface area contributed by atoms with Gasteiger partial charge < -0.3 is 10.6 Å².